The highest BCUT2D eigenvalue weighted by Gasteiger charge is 2.19. The van der Waals surface area contributed by atoms with E-state index in [0.717, 1.165) is 17.6 Å². The van der Waals surface area contributed by atoms with Crippen molar-refractivity contribution >= 4 is 15.6 Å². The molecule has 0 bridgehead atoms. The lowest BCUT2D eigenvalue weighted by atomic mass is 10.2. The third-order valence-electron chi connectivity index (χ3n) is 2.96. The number of carbonyl (C=O) groups is 1. The molecule has 0 unspecified atom stereocenters. The van der Waals surface area contributed by atoms with Crippen LogP contribution in [-0.4, -0.2) is 35.8 Å². The van der Waals surface area contributed by atoms with E-state index in [9.17, 15) is 13.2 Å². The highest BCUT2D eigenvalue weighted by Crippen LogP contribution is 2.18. The van der Waals surface area contributed by atoms with Gasteiger partial charge in [0.05, 0.1) is 5.56 Å². The summed E-state index contributed by atoms with van der Waals surface area (Å²) in [7, 11) is -3.36. The van der Waals surface area contributed by atoms with Crippen molar-refractivity contribution in [3.05, 3.63) is 47.4 Å². The van der Waals surface area contributed by atoms with E-state index in [-0.39, 0.29) is 0 Å². The Labute approximate surface area is 118 Å². The minimum Gasteiger partial charge on any atom is -0.303 e. The smallest absolute Gasteiger partial charge is 0.181 e. The van der Waals surface area contributed by atoms with Gasteiger partial charge in [-0.05, 0) is 38.1 Å². The number of hydrogen-bond acceptors (Lipinski definition) is 4. The number of rotatable bonds is 4. The fourth-order valence-electron chi connectivity index (χ4n) is 2.11. The molecule has 0 aromatic carbocycles. The Morgan fingerprint density at radius 3 is 2.35 bits per heavy atom. The average Bonchev–Trinajstić information content (AvgIpc) is 2.67. The number of aromatic nitrogens is 2. The van der Waals surface area contributed by atoms with Crippen LogP contribution in [0.25, 0.3) is 5.82 Å². The first kappa shape index (κ1) is 14.5. The quantitative estimate of drug-likeness (QED) is 0.805. The molecule has 106 valence electrons. The van der Waals surface area contributed by atoms with Crippen LogP contribution in [0.15, 0.2) is 30.5 Å². The van der Waals surface area contributed by atoms with Crippen LogP contribution >= 0.6 is 0 Å². The van der Waals surface area contributed by atoms with Gasteiger partial charge >= 0.3 is 0 Å². The molecule has 2 aromatic heterocycles. The predicted octanol–water partition coefficient (Wildman–Crippen LogP) is 1.72. The molecule has 0 aliphatic heterocycles. The van der Waals surface area contributed by atoms with E-state index in [1.807, 2.05) is 30.5 Å². The Bertz CT molecular complexity index is 741. The molecule has 0 atom stereocenters. The number of carbonyl (C=O) groups excluding carboxylic acids is 1. The number of Topliss-reactive ketones (excluding diaryl/α,β-unsaturated/α-hetero) is 1. The fourth-order valence-corrected chi connectivity index (χ4v) is 2.74. The van der Waals surface area contributed by atoms with Crippen LogP contribution in [0.4, 0.5) is 0 Å². The summed E-state index contributed by atoms with van der Waals surface area (Å²) in [4.78, 5) is 16.4. The van der Waals surface area contributed by atoms with Crippen molar-refractivity contribution in [3.8, 4) is 5.82 Å². The SMILES string of the molecule is Cc1ccc(C)n1-c1ncccc1C(=O)CS(C)(=O)=O. The molecule has 6 heteroatoms. The van der Waals surface area contributed by atoms with Crippen LogP contribution < -0.4 is 0 Å². The maximum atomic E-state index is 12.2. The normalized spacial score (nSPS) is 11.6. The van der Waals surface area contributed by atoms with Gasteiger partial charge in [-0.3, -0.25) is 4.79 Å². The molecule has 20 heavy (non-hydrogen) atoms. The Morgan fingerprint density at radius 1 is 1.20 bits per heavy atom. The first-order chi connectivity index (χ1) is 9.29. The fraction of sp³-hybridized carbons (Fsp3) is 0.286. The third-order valence-corrected chi connectivity index (χ3v) is 3.75. The molecule has 0 amide bonds. The zero-order valence-corrected chi connectivity index (χ0v) is 12.4. The van der Waals surface area contributed by atoms with Gasteiger partial charge in [0, 0.05) is 23.8 Å². The molecular weight excluding hydrogens is 276 g/mol. The van der Waals surface area contributed by atoms with Crippen molar-refractivity contribution in [3.63, 3.8) is 0 Å². The summed E-state index contributed by atoms with van der Waals surface area (Å²) in [5.74, 6) is -0.477. The molecule has 0 radical (unpaired) electrons. The van der Waals surface area contributed by atoms with Crippen molar-refractivity contribution in [2.75, 3.05) is 12.0 Å². The number of nitrogens with zero attached hydrogens (tertiary/aromatic N) is 2. The molecule has 0 saturated heterocycles. The van der Waals surface area contributed by atoms with E-state index >= 15 is 0 Å². The maximum Gasteiger partial charge on any atom is 0.181 e. The molecule has 0 N–H and O–H groups in total. The van der Waals surface area contributed by atoms with Gasteiger partial charge in [0.2, 0.25) is 0 Å². The molecule has 0 aliphatic rings. The first-order valence-electron chi connectivity index (χ1n) is 6.11. The number of pyridine rings is 1. The molecule has 2 heterocycles. The molecular formula is C14H16N2O3S. The topological polar surface area (TPSA) is 69.0 Å². The van der Waals surface area contributed by atoms with Crippen molar-refractivity contribution in [2.24, 2.45) is 0 Å². The summed E-state index contributed by atoms with van der Waals surface area (Å²) in [6.45, 7) is 3.82. The molecule has 5 nitrogen and oxygen atoms in total. The van der Waals surface area contributed by atoms with Crippen molar-refractivity contribution in [1.82, 2.24) is 9.55 Å². The summed E-state index contributed by atoms with van der Waals surface area (Å²) in [6, 6.07) is 7.09. The lowest BCUT2D eigenvalue weighted by molar-refractivity contribution is 0.102. The third kappa shape index (κ3) is 2.96. The first-order valence-corrected chi connectivity index (χ1v) is 8.17. The van der Waals surface area contributed by atoms with Gasteiger partial charge < -0.3 is 4.57 Å². The zero-order valence-electron chi connectivity index (χ0n) is 11.6. The molecule has 0 fully saturated rings. The summed E-state index contributed by atoms with van der Waals surface area (Å²) >= 11 is 0. The highest BCUT2D eigenvalue weighted by molar-refractivity contribution is 7.91. The van der Waals surface area contributed by atoms with Crippen LogP contribution in [0.2, 0.25) is 0 Å². The van der Waals surface area contributed by atoms with E-state index < -0.39 is 21.4 Å². The minimum atomic E-state index is -3.36. The van der Waals surface area contributed by atoms with Gasteiger partial charge in [-0.25, -0.2) is 13.4 Å². The molecule has 0 spiro atoms. The number of ketones is 1. The van der Waals surface area contributed by atoms with Gasteiger partial charge in [0.1, 0.15) is 11.6 Å². The van der Waals surface area contributed by atoms with Crippen LogP contribution in [-0.2, 0) is 9.84 Å². The summed E-state index contributed by atoms with van der Waals surface area (Å²) in [5, 5.41) is 0. The Balaban J connectivity index is 2.55. The van der Waals surface area contributed by atoms with Crippen LogP contribution in [0, 0.1) is 13.8 Å². The predicted molar refractivity (Wildman–Crippen MR) is 77.1 cm³/mol. The van der Waals surface area contributed by atoms with Gasteiger partial charge in [0.25, 0.3) is 0 Å². The van der Waals surface area contributed by atoms with Crippen molar-refractivity contribution in [2.45, 2.75) is 13.8 Å². The van der Waals surface area contributed by atoms with Gasteiger partial charge in [-0.2, -0.15) is 0 Å². The summed E-state index contributed by atoms with van der Waals surface area (Å²) in [5.41, 5.74) is 2.20. The lowest BCUT2D eigenvalue weighted by Crippen LogP contribution is -2.18. The summed E-state index contributed by atoms with van der Waals surface area (Å²) in [6.07, 6.45) is 2.64. The molecule has 2 rings (SSSR count). The van der Waals surface area contributed by atoms with Gasteiger partial charge in [-0.15, -0.1) is 0 Å². The standard InChI is InChI=1S/C14H16N2O3S/c1-10-6-7-11(2)16(10)14-12(5-4-8-15-14)13(17)9-20(3,18)19/h4-8H,9H2,1-3H3. The van der Waals surface area contributed by atoms with Gasteiger partial charge in [-0.1, -0.05) is 0 Å². The largest absolute Gasteiger partial charge is 0.303 e. The van der Waals surface area contributed by atoms with Crippen LogP contribution in [0.5, 0.6) is 0 Å². The van der Waals surface area contributed by atoms with Crippen LogP contribution in [0.3, 0.4) is 0 Å². The monoisotopic (exact) mass is 292 g/mol. The second kappa shape index (κ2) is 5.20. The summed E-state index contributed by atoms with van der Waals surface area (Å²) < 4.78 is 24.4. The number of aryl methyl sites for hydroxylation is 2. The second-order valence-corrected chi connectivity index (χ2v) is 6.96. The van der Waals surface area contributed by atoms with Crippen LogP contribution in [0.1, 0.15) is 21.7 Å². The van der Waals surface area contributed by atoms with E-state index in [4.69, 9.17) is 0 Å². The minimum absolute atomic E-state index is 0.320. The van der Waals surface area contributed by atoms with Crippen molar-refractivity contribution < 1.29 is 13.2 Å². The van der Waals surface area contributed by atoms with E-state index in [1.165, 1.54) is 0 Å². The Morgan fingerprint density at radius 2 is 1.80 bits per heavy atom. The molecule has 2 aromatic rings. The highest BCUT2D eigenvalue weighted by atomic mass is 32.2. The Kier molecular flexibility index (Phi) is 3.76. The average molecular weight is 292 g/mol. The lowest BCUT2D eigenvalue weighted by Gasteiger charge is -2.12. The zero-order chi connectivity index (χ0) is 14.9. The van der Waals surface area contributed by atoms with E-state index in [1.54, 1.807) is 18.3 Å². The molecule has 0 aliphatic carbocycles. The van der Waals surface area contributed by atoms with E-state index in [0.29, 0.717) is 11.4 Å². The second-order valence-electron chi connectivity index (χ2n) is 4.82. The van der Waals surface area contributed by atoms with Gasteiger partial charge in [0.15, 0.2) is 15.6 Å². The van der Waals surface area contributed by atoms with Crippen molar-refractivity contribution in [1.29, 1.82) is 0 Å². The Hall–Kier alpha value is -1.95. The molecule has 0 saturated carbocycles. The number of sulfone groups is 1. The maximum absolute atomic E-state index is 12.2. The number of hydrogen-bond donors (Lipinski definition) is 0. The van der Waals surface area contributed by atoms with E-state index in [2.05, 4.69) is 4.98 Å².